The van der Waals surface area contributed by atoms with Crippen molar-refractivity contribution in [1.29, 1.82) is 5.26 Å². The third-order valence-electron chi connectivity index (χ3n) is 4.48. The molecule has 5 heteroatoms. The van der Waals surface area contributed by atoms with Gasteiger partial charge >= 0.3 is 0 Å². The number of piperazine rings is 1. The summed E-state index contributed by atoms with van der Waals surface area (Å²) < 4.78 is 0. The summed E-state index contributed by atoms with van der Waals surface area (Å²) in [7, 11) is 0. The molecule has 1 aliphatic heterocycles. The first-order chi connectivity index (χ1) is 10.3. The second-order valence-electron chi connectivity index (χ2n) is 5.90. The Hall–Kier alpha value is -2.09. The molecule has 21 heavy (non-hydrogen) atoms. The molecule has 2 aliphatic rings. The number of carbonyl (C=O) groups is 1. The first-order valence-electron chi connectivity index (χ1n) is 7.66. The quantitative estimate of drug-likeness (QED) is 0.849. The molecule has 0 unspecified atom stereocenters. The highest BCUT2D eigenvalue weighted by Gasteiger charge is 2.28. The van der Waals surface area contributed by atoms with Crippen molar-refractivity contribution in [3.63, 3.8) is 0 Å². The lowest BCUT2D eigenvalue weighted by atomic mass is 10.1. The number of nitriles is 1. The molecule has 2 fully saturated rings. The van der Waals surface area contributed by atoms with Crippen molar-refractivity contribution in [3.05, 3.63) is 23.9 Å². The summed E-state index contributed by atoms with van der Waals surface area (Å²) in [4.78, 5) is 20.5. The molecule has 1 aliphatic carbocycles. The molecule has 0 radical (unpaired) electrons. The van der Waals surface area contributed by atoms with Gasteiger partial charge in [-0.25, -0.2) is 4.98 Å². The van der Waals surface area contributed by atoms with Crippen LogP contribution in [0.2, 0.25) is 0 Å². The van der Waals surface area contributed by atoms with Gasteiger partial charge in [0, 0.05) is 25.8 Å². The monoisotopic (exact) mass is 284 g/mol. The van der Waals surface area contributed by atoms with Gasteiger partial charge in [-0.15, -0.1) is 0 Å². The van der Waals surface area contributed by atoms with Gasteiger partial charge in [0.05, 0.1) is 12.1 Å². The molecule has 3 rings (SSSR count). The van der Waals surface area contributed by atoms with E-state index >= 15 is 0 Å². The largest absolute Gasteiger partial charge is 0.344 e. The molecule has 0 bridgehead atoms. The fourth-order valence-electron chi connectivity index (χ4n) is 3.32. The van der Waals surface area contributed by atoms with Crippen LogP contribution in [0.5, 0.6) is 0 Å². The number of hydrogen-bond donors (Lipinski definition) is 0. The van der Waals surface area contributed by atoms with Crippen LogP contribution in [-0.4, -0.2) is 42.0 Å². The van der Waals surface area contributed by atoms with Crippen LogP contribution in [0.25, 0.3) is 0 Å². The van der Waals surface area contributed by atoms with Crippen LogP contribution in [0.15, 0.2) is 18.3 Å². The van der Waals surface area contributed by atoms with Gasteiger partial charge in [-0.3, -0.25) is 4.79 Å². The summed E-state index contributed by atoms with van der Waals surface area (Å²) >= 11 is 0. The number of carbonyl (C=O) groups excluding carboxylic acids is 1. The molecule has 1 aromatic heterocycles. The lowest BCUT2D eigenvalue weighted by Crippen LogP contribution is -2.52. The SMILES string of the molecule is N#Cc1cccnc1N1CCN(CC2CCCC2)C(=O)C1. The Morgan fingerprint density at radius 1 is 1.33 bits per heavy atom. The Morgan fingerprint density at radius 2 is 2.14 bits per heavy atom. The molecule has 5 nitrogen and oxygen atoms in total. The van der Waals surface area contributed by atoms with Crippen molar-refractivity contribution >= 4 is 11.7 Å². The van der Waals surface area contributed by atoms with Gasteiger partial charge in [-0.05, 0) is 30.9 Å². The maximum absolute atomic E-state index is 12.3. The van der Waals surface area contributed by atoms with Crippen molar-refractivity contribution in [3.8, 4) is 6.07 Å². The molecule has 110 valence electrons. The number of pyridine rings is 1. The Kier molecular flexibility index (Phi) is 4.05. The highest BCUT2D eigenvalue weighted by Crippen LogP contribution is 2.26. The minimum atomic E-state index is 0.155. The van der Waals surface area contributed by atoms with E-state index in [9.17, 15) is 4.79 Å². The van der Waals surface area contributed by atoms with Gasteiger partial charge in [-0.1, -0.05) is 12.8 Å². The van der Waals surface area contributed by atoms with Crippen LogP contribution in [0.1, 0.15) is 31.2 Å². The first kappa shape index (κ1) is 13.9. The van der Waals surface area contributed by atoms with Crippen LogP contribution < -0.4 is 4.90 Å². The first-order valence-corrected chi connectivity index (χ1v) is 7.66. The fraction of sp³-hybridized carbons (Fsp3) is 0.562. The summed E-state index contributed by atoms with van der Waals surface area (Å²) in [5.74, 6) is 1.47. The molecule has 1 saturated heterocycles. The van der Waals surface area contributed by atoms with E-state index in [1.165, 1.54) is 25.7 Å². The summed E-state index contributed by atoms with van der Waals surface area (Å²) in [6, 6.07) is 5.65. The molecule has 1 amide bonds. The van der Waals surface area contributed by atoms with E-state index in [0.29, 0.717) is 23.8 Å². The van der Waals surface area contributed by atoms with Gasteiger partial charge in [-0.2, -0.15) is 5.26 Å². The van der Waals surface area contributed by atoms with E-state index in [4.69, 9.17) is 5.26 Å². The van der Waals surface area contributed by atoms with E-state index in [1.54, 1.807) is 18.3 Å². The maximum Gasteiger partial charge on any atom is 0.242 e. The Bertz CT molecular complexity index is 560. The smallest absolute Gasteiger partial charge is 0.242 e. The Balaban J connectivity index is 1.65. The Labute approximate surface area is 125 Å². The van der Waals surface area contributed by atoms with Crippen molar-refractivity contribution < 1.29 is 4.79 Å². The summed E-state index contributed by atoms with van der Waals surface area (Å²) in [5, 5.41) is 9.14. The van der Waals surface area contributed by atoms with Gasteiger partial charge in [0.25, 0.3) is 0 Å². The van der Waals surface area contributed by atoms with Gasteiger partial charge in [0.1, 0.15) is 11.9 Å². The lowest BCUT2D eigenvalue weighted by Gasteiger charge is -2.36. The zero-order chi connectivity index (χ0) is 14.7. The van der Waals surface area contributed by atoms with E-state index in [1.807, 2.05) is 9.80 Å². The third kappa shape index (κ3) is 2.99. The van der Waals surface area contributed by atoms with Crippen LogP contribution in [0.3, 0.4) is 0 Å². The highest BCUT2D eigenvalue weighted by atomic mass is 16.2. The van der Waals surface area contributed by atoms with Crippen LogP contribution in [-0.2, 0) is 4.79 Å². The predicted molar refractivity (Wildman–Crippen MR) is 79.7 cm³/mol. The van der Waals surface area contributed by atoms with Crippen LogP contribution in [0, 0.1) is 17.2 Å². The molecule has 0 spiro atoms. The number of hydrogen-bond acceptors (Lipinski definition) is 4. The molecule has 1 aromatic rings. The van der Waals surface area contributed by atoms with E-state index in [0.717, 1.165) is 19.6 Å². The second-order valence-corrected chi connectivity index (χ2v) is 5.90. The second kappa shape index (κ2) is 6.13. The van der Waals surface area contributed by atoms with Crippen LogP contribution >= 0.6 is 0 Å². The number of aromatic nitrogens is 1. The van der Waals surface area contributed by atoms with Crippen molar-refractivity contribution in [2.75, 3.05) is 31.1 Å². The molecule has 2 heterocycles. The minimum Gasteiger partial charge on any atom is -0.344 e. The van der Waals surface area contributed by atoms with E-state index in [2.05, 4.69) is 11.1 Å². The highest BCUT2D eigenvalue weighted by molar-refractivity contribution is 5.83. The standard InChI is InChI=1S/C16H20N4O/c17-10-14-6-3-7-18-16(14)20-9-8-19(15(21)12-20)11-13-4-1-2-5-13/h3,6-7,13H,1-2,4-5,8-9,11-12H2. The predicted octanol–water partition coefficient (Wildman–Crippen LogP) is 1.79. The zero-order valence-electron chi connectivity index (χ0n) is 12.2. The van der Waals surface area contributed by atoms with Gasteiger partial charge in [0.2, 0.25) is 5.91 Å². The third-order valence-corrected chi connectivity index (χ3v) is 4.48. The van der Waals surface area contributed by atoms with Crippen molar-refractivity contribution in [2.24, 2.45) is 5.92 Å². The summed E-state index contributed by atoms with van der Waals surface area (Å²) in [6.07, 6.45) is 6.79. The molecule has 0 atom stereocenters. The van der Waals surface area contributed by atoms with Crippen LogP contribution in [0.4, 0.5) is 5.82 Å². The number of rotatable bonds is 3. The lowest BCUT2D eigenvalue weighted by molar-refractivity contribution is -0.131. The zero-order valence-corrected chi connectivity index (χ0v) is 12.2. The van der Waals surface area contributed by atoms with Crippen molar-refractivity contribution in [1.82, 2.24) is 9.88 Å². The molecular formula is C16H20N4O. The van der Waals surface area contributed by atoms with E-state index < -0.39 is 0 Å². The normalized spacial score (nSPS) is 19.9. The summed E-state index contributed by atoms with van der Waals surface area (Å²) in [5.41, 5.74) is 0.537. The minimum absolute atomic E-state index is 0.155. The van der Waals surface area contributed by atoms with Gasteiger partial charge in [0.15, 0.2) is 0 Å². The fourth-order valence-corrected chi connectivity index (χ4v) is 3.32. The summed E-state index contributed by atoms with van der Waals surface area (Å²) in [6.45, 7) is 2.72. The van der Waals surface area contributed by atoms with E-state index in [-0.39, 0.29) is 5.91 Å². The molecule has 0 N–H and O–H groups in total. The molecular weight excluding hydrogens is 264 g/mol. The van der Waals surface area contributed by atoms with Gasteiger partial charge < -0.3 is 9.80 Å². The molecule has 1 saturated carbocycles. The molecule has 0 aromatic carbocycles. The number of anilines is 1. The Morgan fingerprint density at radius 3 is 2.86 bits per heavy atom. The number of amides is 1. The average Bonchev–Trinajstić information content (AvgIpc) is 3.02. The number of nitrogens with zero attached hydrogens (tertiary/aromatic N) is 4. The van der Waals surface area contributed by atoms with Crippen molar-refractivity contribution in [2.45, 2.75) is 25.7 Å². The average molecular weight is 284 g/mol. The maximum atomic E-state index is 12.3. The topological polar surface area (TPSA) is 60.2 Å².